The second-order valence-corrected chi connectivity index (χ2v) is 30.1. The van der Waals surface area contributed by atoms with Gasteiger partial charge in [-0.25, -0.2) is 0 Å². The molecule has 11 heteroatoms. The largest absolute Gasteiger partial charge is 0.456 e. The average molecular weight is 1470 g/mol. The number of hydrogen-bond acceptors (Lipinski definition) is 8. The maximum Gasteiger partial charge on any atom is 0.263 e. The van der Waals surface area contributed by atoms with Gasteiger partial charge >= 0.3 is 0 Å². The molecule has 7 heterocycles. The van der Waals surface area contributed by atoms with E-state index in [2.05, 4.69) is 91.0 Å². The van der Waals surface area contributed by atoms with Crippen molar-refractivity contribution in [3.05, 3.63) is 398 Å². The van der Waals surface area contributed by atoms with E-state index in [1.165, 1.54) is 49.7 Å². The molecule has 0 saturated heterocycles. The summed E-state index contributed by atoms with van der Waals surface area (Å²) in [6.07, 6.45) is 1.64. The minimum atomic E-state index is -0.603. The summed E-state index contributed by atoms with van der Waals surface area (Å²) >= 11 is 0. The highest BCUT2D eigenvalue weighted by molar-refractivity contribution is 6.26. The van der Waals surface area contributed by atoms with Crippen LogP contribution in [0.3, 0.4) is 0 Å². The first-order valence-electron chi connectivity index (χ1n) is 38.4. The molecule has 114 heavy (non-hydrogen) atoms. The molecule has 0 radical (unpaired) electrons. The lowest BCUT2D eigenvalue weighted by Gasteiger charge is -2.27. The molecule has 534 valence electrons. The van der Waals surface area contributed by atoms with Gasteiger partial charge in [0.15, 0.2) is 11.4 Å². The maximum atomic E-state index is 14.5. The van der Waals surface area contributed by atoms with Crippen molar-refractivity contribution >= 4 is 159 Å². The van der Waals surface area contributed by atoms with E-state index in [0.29, 0.717) is 33.2 Å². The number of hydrogen-bond donors (Lipinski definition) is 0. The van der Waals surface area contributed by atoms with Crippen LogP contribution in [-0.4, -0.2) is 19.5 Å². The molecule has 0 spiro atoms. The number of carbonyl (C=O) groups is 1. The molecule has 3 aliphatic carbocycles. The predicted octanol–water partition coefficient (Wildman–Crippen LogP) is 24.5. The zero-order valence-electron chi connectivity index (χ0n) is 60.8. The molecule has 0 aliphatic heterocycles. The van der Waals surface area contributed by atoms with Crippen molar-refractivity contribution in [2.24, 2.45) is 0 Å². The lowest BCUT2D eigenvalue weighted by molar-refractivity contribution is 0.0974. The fourth-order valence-electron chi connectivity index (χ4n) is 19.3. The number of ketones is 1. The third-order valence-electron chi connectivity index (χ3n) is 24.1. The van der Waals surface area contributed by atoms with Crippen LogP contribution in [0.15, 0.2) is 360 Å². The van der Waals surface area contributed by atoms with Gasteiger partial charge in [-0.1, -0.05) is 212 Å². The standard InChI is InChI=1S/C39H21NO4.2C32H19NO2/c41-36-26-14-6-16-28-33(26)35-25(34(36)27-15-5-11-23-21-9-1-3-19-31(21)43-37(23)27)13-8-17-29(35)40(39(28)42)30-18-7-12-24-22-10-2-4-20-32(22)44-38(24)30;34-32-24-11-6-7-20-18-26-22(19-13-16-29-25(17-19)23-10-4-5-12-28(23)35-29)14-15-27(31(26)30(20)24)33(32)21-8-2-1-3-9-21;34-32-25-11-6-7-20-17-26-22(19-13-14-24-23-10-4-5-12-28(23)35-29(24)18-19)15-16-27(31(26)30(20)25)33(32)21-8-2-1-3-9-21/h1-20,34H;1-17H,18H2;1-16,18H,17H2. The number of carbonyl (C=O) groups excluding carboxylic acids is 1. The van der Waals surface area contributed by atoms with E-state index >= 15 is 0 Å². The molecular weight excluding hydrogens is 1410 g/mol. The number of Topliss-reactive ketones (excluding diaryl/α,β-unsaturated/α-hetero) is 1. The molecule has 1 atom stereocenters. The van der Waals surface area contributed by atoms with E-state index in [0.717, 1.165) is 161 Å². The second-order valence-electron chi connectivity index (χ2n) is 30.1. The van der Waals surface area contributed by atoms with E-state index in [1.54, 1.807) is 4.57 Å². The van der Waals surface area contributed by atoms with E-state index in [-0.39, 0.29) is 22.5 Å². The van der Waals surface area contributed by atoms with Gasteiger partial charge in [-0.3, -0.25) is 32.9 Å². The first kappa shape index (κ1) is 63.7. The first-order chi connectivity index (χ1) is 56.2. The highest BCUT2D eigenvalue weighted by Crippen LogP contribution is 2.49. The molecule has 0 N–H and O–H groups in total. The van der Waals surface area contributed by atoms with Crippen molar-refractivity contribution in [2.45, 2.75) is 18.8 Å². The SMILES string of the molecule is O=C1c2cccc3c(=O)n(-c4cccc5c4oc4ccccc45)c4cccc(c4c23)C1c1cccc2c1oc1ccccc12.O=c1c2cccc3c2c2c(c(-c4ccc5c(c4)oc4ccccc45)ccc2n1-c1ccccc1)C3.O=c1c2cccc3c2c2c(c(-c4ccc5oc6ccccc6c5c4)ccc2n1-c1ccccc1)C3. The maximum absolute atomic E-state index is 14.5. The van der Waals surface area contributed by atoms with Crippen molar-refractivity contribution in [3.8, 4) is 39.3 Å². The number of para-hydroxylation sites is 8. The Bertz CT molecular complexity index is 8410. The molecule has 11 nitrogen and oxygen atoms in total. The van der Waals surface area contributed by atoms with Crippen LogP contribution >= 0.6 is 0 Å². The van der Waals surface area contributed by atoms with E-state index in [9.17, 15) is 19.2 Å². The van der Waals surface area contributed by atoms with Crippen LogP contribution in [0.1, 0.15) is 49.7 Å². The summed E-state index contributed by atoms with van der Waals surface area (Å²) in [5, 5.41) is 16.7. The Hall–Kier alpha value is -15.2. The van der Waals surface area contributed by atoms with E-state index in [1.807, 2.05) is 246 Å². The minimum Gasteiger partial charge on any atom is -0.456 e. The summed E-state index contributed by atoms with van der Waals surface area (Å²) in [7, 11) is 0. The number of pyridine rings is 3. The Morgan fingerprint density at radius 3 is 1.29 bits per heavy atom. The number of benzene rings is 16. The van der Waals surface area contributed by atoms with Crippen LogP contribution in [0.4, 0.5) is 0 Å². The van der Waals surface area contributed by atoms with Crippen LogP contribution < -0.4 is 16.7 Å². The highest BCUT2D eigenvalue weighted by atomic mass is 16.3. The average Bonchev–Trinajstić information content (AvgIpc) is 0.765. The fourth-order valence-corrected chi connectivity index (χ4v) is 19.3. The lowest BCUT2D eigenvalue weighted by atomic mass is 9.76. The van der Waals surface area contributed by atoms with Gasteiger partial charge in [0.2, 0.25) is 0 Å². The second kappa shape index (κ2) is 24.1. The fraction of sp³-hybridized carbons (Fsp3) is 0.0291. The third kappa shape index (κ3) is 9.08. The molecule has 0 amide bonds. The van der Waals surface area contributed by atoms with Gasteiger partial charge in [-0.15, -0.1) is 0 Å². The van der Waals surface area contributed by atoms with Gasteiger partial charge in [-0.2, -0.15) is 0 Å². The van der Waals surface area contributed by atoms with Gasteiger partial charge < -0.3 is 17.7 Å². The molecule has 7 aromatic heterocycles. The van der Waals surface area contributed by atoms with Crippen molar-refractivity contribution in [3.63, 3.8) is 0 Å². The summed E-state index contributed by atoms with van der Waals surface area (Å²) in [6, 6.07) is 109. The number of fused-ring (bicyclic) bond motifs is 12. The Morgan fingerprint density at radius 1 is 0.254 bits per heavy atom. The summed E-state index contributed by atoms with van der Waals surface area (Å²) < 4.78 is 30.5. The van der Waals surface area contributed by atoms with Gasteiger partial charge in [0.05, 0.1) is 28.2 Å². The zero-order valence-corrected chi connectivity index (χ0v) is 60.8. The lowest BCUT2D eigenvalue weighted by Crippen LogP contribution is -2.25. The van der Waals surface area contributed by atoms with Gasteiger partial charge in [0.25, 0.3) is 16.7 Å². The Labute approximate surface area is 646 Å². The molecule has 16 aromatic carbocycles. The molecule has 3 aliphatic rings. The molecule has 0 saturated carbocycles. The van der Waals surface area contributed by atoms with Crippen LogP contribution in [-0.2, 0) is 12.8 Å². The zero-order chi connectivity index (χ0) is 75.3. The Balaban J connectivity index is 0.0000000998. The summed E-state index contributed by atoms with van der Waals surface area (Å²) in [6.45, 7) is 0. The quantitative estimate of drug-likeness (QED) is 0.150. The Kier molecular flexibility index (Phi) is 13.5. The van der Waals surface area contributed by atoms with Crippen LogP contribution in [0.2, 0.25) is 0 Å². The number of furan rings is 4. The first-order valence-corrected chi connectivity index (χ1v) is 38.4. The number of nitrogens with zero attached hydrogens (tertiary/aromatic N) is 3. The molecule has 0 fully saturated rings. The molecule has 1 unspecified atom stereocenters. The predicted molar refractivity (Wildman–Crippen MR) is 459 cm³/mol. The van der Waals surface area contributed by atoms with Crippen molar-refractivity contribution < 1.29 is 22.5 Å². The van der Waals surface area contributed by atoms with Gasteiger partial charge in [0.1, 0.15) is 39.1 Å². The van der Waals surface area contributed by atoms with Crippen molar-refractivity contribution in [2.75, 3.05) is 0 Å². The third-order valence-corrected chi connectivity index (χ3v) is 24.1. The number of aromatic nitrogens is 3. The van der Waals surface area contributed by atoms with Crippen molar-refractivity contribution in [1.29, 1.82) is 0 Å². The molecule has 26 rings (SSSR count). The van der Waals surface area contributed by atoms with E-state index < -0.39 is 5.92 Å². The Morgan fingerprint density at radius 2 is 0.675 bits per heavy atom. The summed E-state index contributed by atoms with van der Waals surface area (Å²) in [5.41, 5.74) is 23.4. The monoisotopic (exact) mass is 1470 g/mol. The normalized spacial score (nSPS) is 13.4. The van der Waals surface area contributed by atoms with Gasteiger partial charge in [-0.05, 0) is 178 Å². The number of rotatable bonds is 6. The topological polar surface area (TPSA) is 136 Å². The van der Waals surface area contributed by atoms with Crippen molar-refractivity contribution in [1.82, 2.24) is 13.7 Å². The smallest absolute Gasteiger partial charge is 0.263 e. The summed E-state index contributed by atoms with van der Waals surface area (Å²) in [5.74, 6) is -0.644. The minimum absolute atomic E-state index is 0.0323. The van der Waals surface area contributed by atoms with E-state index in [4.69, 9.17) is 17.7 Å². The van der Waals surface area contributed by atoms with Crippen LogP contribution in [0.25, 0.3) is 192 Å². The molecule has 0 bridgehead atoms. The highest BCUT2D eigenvalue weighted by Gasteiger charge is 2.37. The molecule has 23 aromatic rings. The summed E-state index contributed by atoms with van der Waals surface area (Å²) in [4.78, 5) is 56.2. The van der Waals surface area contributed by atoms with Crippen LogP contribution in [0, 0.1) is 0 Å². The van der Waals surface area contributed by atoms with Crippen LogP contribution in [0.5, 0.6) is 0 Å². The van der Waals surface area contributed by atoms with Gasteiger partial charge in [0, 0.05) is 114 Å². The molecular formula is C103H59N3O8.